The van der Waals surface area contributed by atoms with Crippen molar-refractivity contribution in [2.75, 3.05) is 6.26 Å². The maximum atomic E-state index is 5.91. The van der Waals surface area contributed by atoms with Gasteiger partial charge in [0.15, 0.2) is 0 Å². The maximum Gasteiger partial charge on any atom is 0.276 e. The zero-order valence-corrected chi connectivity index (χ0v) is 10.2. The minimum absolute atomic E-state index is 0. The molecule has 2 atom stereocenters. The standard InChI is InChI=1S/C8H15N3OS.ClH/c1-4-5(2)6(9)7-10-11-8(12-7)13-3;/h5-6H,4,9H2,1-3H3;1H/t5?,6-;/m0./s1. The van der Waals surface area contributed by atoms with Crippen LogP contribution in [0.4, 0.5) is 0 Å². The normalized spacial score (nSPS) is 14.6. The summed E-state index contributed by atoms with van der Waals surface area (Å²) in [6.45, 7) is 4.17. The minimum atomic E-state index is -0.140. The lowest BCUT2D eigenvalue weighted by Gasteiger charge is -2.13. The Morgan fingerprint density at radius 1 is 1.50 bits per heavy atom. The number of halogens is 1. The molecule has 1 aromatic heterocycles. The second-order valence-corrected chi connectivity index (χ2v) is 3.78. The predicted octanol–water partition coefficient (Wildman–Crippen LogP) is 2.26. The molecule has 0 aliphatic rings. The van der Waals surface area contributed by atoms with Gasteiger partial charge in [-0.25, -0.2) is 0 Å². The smallest absolute Gasteiger partial charge is 0.276 e. The molecule has 0 aliphatic carbocycles. The lowest BCUT2D eigenvalue weighted by Crippen LogP contribution is -2.18. The van der Waals surface area contributed by atoms with Crippen molar-refractivity contribution in [1.29, 1.82) is 0 Å². The Hall–Kier alpha value is -0.260. The number of hydrogen-bond donors (Lipinski definition) is 1. The third-order valence-electron chi connectivity index (χ3n) is 2.14. The van der Waals surface area contributed by atoms with E-state index in [1.807, 2.05) is 6.26 Å². The first-order valence-corrected chi connectivity index (χ1v) is 5.54. The molecule has 1 heterocycles. The van der Waals surface area contributed by atoms with Gasteiger partial charge in [0.25, 0.3) is 5.22 Å². The average Bonchev–Trinajstić information content (AvgIpc) is 2.63. The first-order valence-electron chi connectivity index (χ1n) is 4.32. The van der Waals surface area contributed by atoms with Gasteiger partial charge in [0.1, 0.15) is 0 Å². The second-order valence-electron chi connectivity index (χ2n) is 3.02. The fourth-order valence-electron chi connectivity index (χ4n) is 0.935. The quantitative estimate of drug-likeness (QED) is 0.814. The molecule has 0 aromatic carbocycles. The van der Waals surface area contributed by atoms with E-state index in [2.05, 4.69) is 24.0 Å². The third-order valence-corrected chi connectivity index (χ3v) is 2.65. The first-order chi connectivity index (χ1) is 6.19. The summed E-state index contributed by atoms with van der Waals surface area (Å²) >= 11 is 1.43. The van der Waals surface area contributed by atoms with Crippen LogP contribution in [0.1, 0.15) is 32.2 Å². The van der Waals surface area contributed by atoms with Gasteiger partial charge < -0.3 is 10.2 Å². The van der Waals surface area contributed by atoms with Crippen molar-refractivity contribution in [1.82, 2.24) is 10.2 Å². The highest BCUT2D eigenvalue weighted by molar-refractivity contribution is 7.98. The molecule has 0 radical (unpaired) electrons. The Labute approximate surface area is 94.4 Å². The van der Waals surface area contributed by atoms with Crippen LogP contribution < -0.4 is 5.73 Å². The molecule has 0 saturated heterocycles. The summed E-state index contributed by atoms with van der Waals surface area (Å²) in [5.74, 6) is 0.911. The van der Waals surface area contributed by atoms with Gasteiger partial charge in [-0.1, -0.05) is 32.0 Å². The molecule has 0 amide bonds. The molecular formula is C8H16ClN3OS. The molecule has 0 saturated carbocycles. The number of hydrogen-bond acceptors (Lipinski definition) is 5. The van der Waals surface area contributed by atoms with Crippen molar-refractivity contribution >= 4 is 24.2 Å². The largest absolute Gasteiger partial charge is 0.414 e. The zero-order chi connectivity index (χ0) is 9.84. The highest BCUT2D eigenvalue weighted by atomic mass is 35.5. The van der Waals surface area contributed by atoms with Crippen molar-refractivity contribution in [3.63, 3.8) is 0 Å². The topological polar surface area (TPSA) is 64.9 Å². The summed E-state index contributed by atoms with van der Waals surface area (Å²) < 4.78 is 5.33. The molecule has 0 bridgehead atoms. The van der Waals surface area contributed by atoms with E-state index in [1.165, 1.54) is 11.8 Å². The molecule has 82 valence electrons. The molecule has 0 aliphatic heterocycles. The van der Waals surface area contributed by atoms with E-state index in [9.17, 15) is 0 Å². The fraction of sp³-hybridized carbons (Fsp3) is 0.750. The van der Waals surface area contributed by atoms with Crippen LogP contribution in [0.25, 0.3) is 0 Å². The summed E-state index contributed by atoms with van der Waals surface area (Å²) in [5.41, 5.74) is 5.91. The van der Waals surface area contributed by atoms with Gasteiger partial charge in [-0.05, 0) is 12.2 Å². The molecule has 0 spiro atoms. The summed E-state index contributed by atoms with van der Waals surface area (Å²) in [6, 6.07) is -0.140. The Kier molecular flexibility index (Phi) is 6.15. The van der Waals surface area contributed by atoms with Crippen molar-refractivity contribution in [3.05, 3.63) is 5.89 Å². The van der Waals surface area contributed by atoms with Crippen LogP contribution in [-0.2, 0) is 0 Å². The van der Waals surface area contributed by atoms with Crippen molar-refractivity contribution in [2.45, 2.75) is 31.5 Å². The van der Waals surface area contributed by atoms with Gasteiger partial charge in [0.2, 0.25) is 5.89 Å². The van der Waals surface area contributed by atoms with Crippen LogP contribution in [0.3, 0.4) is 0 Å². The summed E-state index contributed by atoms with van der Waals surface area (Å²) in [6.07, 6.45) is 2.91. The molecular weight excluding hydrogens is 222 g/mol. The van der Waals surface area contributed by atoms with E-state index >= 15 is 0 Å². The summed E-state index contributed by atoms with van der Waals surface area (Å²) in [7, 11) is 0. The van der Waals surface area contributed by atoms with Crippen LogP contribution in [0.15, 0.2) is 9.64 Å². The Balaban J connectivity index is 0.00000169. The lowest BCUT2D eigenvalue weighted by molar-refractivity contribution is 0.333. The van der Waals surface area contributed by atoms with Crippen LogP contribution in [0, 0.1) is 5.92 Å². The molecule has 0 fully saturated rings. The summed E-state index contributed by atoms with van der Waals surface area (Å²) in [4.78, 5) is 0. The van der Waals surface area contributed by atoms with Crippen LogP contribution in [-0.4, -0.2) is 16.5 Å². The number of thioether (sulfide) groups is 1. The third kappa shape index (κ3) is 3.15. The maximum absolute atomic E-state index is 5.91. The second kappa shape index (κ2) is 6.27. The number of rotatable bonds is 4. The van der Waals surface area contributed by atoms with Gasteiger partial charge in [0, 0.05) is 0 Å². The lowest BCUT2D eigenvalue weighted by atomic mass is 10.0. The van der Waals surface area contributed by atoms with Crippen molar-refractivity contribution in [2.24, 2.45) is 11.7 Å². The molecule has 1 unspecified atom stereocenters. The van der Waals surface area contributed by atoms with Crippen LogP contribution in [0.5, 0.6) is 0 Å². The van der Waals surface area contributed by atoms with E-state index in [4.69, 9.17) is 10.2 Å². The Morgan fingerprint density at radius 2 is 2.14 bits per heavy atom. The average molecular weight is 238 g/mol. The predicted molar refractivity (Wildman–Crippen MR) is 59.7 cm³/mol. The number of nitrogens with zero attached hydrogens (tertiary/aromatic N) is 2. The van der Waals surface area contributed by atoms with E-state index in [1.54, 1.807) is 0 Å². The number of aromatic nitrogens is 2. The fourth-order valence-corrected chi connectivity index (χ4v) is 1.23. The first kappa shape index (κ1) is 13.7. The van der Waals surface area contributed by atoms with Gasteiger partial charge in [-0.2, -0.15) is 0 Å². The minimum Gasteiger partial charge on any atom is -0.414 e. The summed E-state index contributed by atoms with van der Waals surface area (Å²) in [5, 5.41) is 8.31. The highest BCUT2D eigenvalue weighted by Gasteiger charge is 2.19. The van der Waals surface area contributed by atoms with E-state index in [0.29, 0.717) is 17.0 Å². The van der Waals surface area contributed by atoms with Gasteiger partial charge in [-0.3, -0.25) is 0 Å². The monoisotopic (exact) mass is 237 g/mol. The van der Waals surface area contributed by atoms with E-state index in [-0.39, 0.29) is 18.4 Å². The van der Waals surface area contributed by atoms with Crippen molar-refractivity contribution < 1.29 is 4.42 Å². The van der Waals surface area contributed by atoms with Gasteiger partial charge in [-0.15, -0.1) is 22.6 Å². The molecule has 2 N–H and O–H groups in total. The molecule has 6 heteroatoms. The SMILES string of the molecule is CCC(C)[C@H](N)c1nnc(SC)o1.Cl. The Bertz CT molecular complexity index is 269. The molecule has 1 rings (SSSR count). The van der Waals surface area contributed by atoms with Crippen LogP contribution in [0.2, 0.25) is 0 Å². The Morgan fingerprint density at radius 3 is 2.57 bits per heavy atom. The molecule has 1 aromatic rings. The molecule has 14 heavy (non-hydrogen) atoms. The van der Waals surface area contributed by atoms with E-state index in [0.717, 1.165) is 6.42 Å². The molecule has 4 nitrogen and oxygen atoms in total. The number of nitrogens with two attached hydrogens (primary N) is 1. The van der Waals surface area contributed by atoms with E-state index < -0.39 is 0 Å². The van der Waals surface area contributed by atoms with Gasteiger partial charge >= 0.3 is 0 Å². The highest BCUT2D eigenvalue weighted by Crippen LogP contribution is 2.22. The van der Waals surface area contributed by atoms with Gasteiger partial charge in [0.05, 0.1) is 6.04 Å². The zero-order valence-electron chi connectivity index (χ0n) is 8.56. The van der Waals surface area contributed by atoms with Crippen LogP contribution >= 0.6 is 24.2 Å². The van der Waals surface area contributed by atoms with Crippen molar-refractivity contribution in [3.8, 4) is 0 Å².